The summed E-state index contributed by atoms with van der Waals surface area (Å²) >= 11 is 1.26. The zero-order valence-corrected chi connectivity index (χ0v) is 21.5. The van der Waals surface area contributed by atoms with E-state index in [0.29, 0.717) is 5.56 Å². The summed E-state index contributed by atoms with van der Waals surface area (Å²) in [7, 11) is 0. The van der Waals surface area contributed by atoms with E-state index in [2.05, 4.69) is 6.58 Å². The van der Waals surface area contributed by atoms with Crippen LogP contribution in [-0.2, 0) is 13.0 Å². The van der Waals surface area contributed by atoms with Crippen LogP contribution in [0.5, 0.6) is 0 Å². The molecule has 1 aliphatic carbocycles. The molecule has 38 heavy (non-hydrogen) atoms. The van der Waals surface area contributed by atoms with E-state index in [1.807, 2.05) is 28.8 Å². The van der Waals surface area contributed by atoms with Crippen LogP contribution in [0.4, 0.5) is 13.2 Å². The molecule has 5 rings (SSSR count). The lowest BCUT2D eigenvalue weighted by atomic mass is 9.83. The molecular weight excluding hydrogens is 511 g/mol. The smallest absolute Gasteiger partial charge is 0.393 e. The molecule has 0 unspecified atom stereocenters. The molecule has 8 heteroatoms. The van der Waals surface area contributed by atoms with Crippen molar-refractivity contribution in [2.24, 2.45) is 0 Å². The molecule has 0 aliphatic heterocycles. The summed E-state index contributed by atoms with van der Waals surface area (Å²) in [6.07, 6.45) is 0.162. The fourth-order valence-corrected chi connectivity index (χ4v) is 6.72. The van der Waals surface area contributed by atoms with E-state index in [9.17, 15) is 28.2 Å². The van der Waals surface area contributed by atoms with Crippen molar-refractivity contribution >= 4 is 27.5 Å². The summed E-state index contributed by atoms with van der Waals surface area (Å²) in [6, 6.07) is 15.8. The molecule has 2 aromatic carbocycles. The number of aliphatic hydroxyl groups is 1. The number of rotatable bonds is 7. The van der Waals surface area contributed by atoms with Crippen LogP contribution in [0.2, 0.25) is 0 Å². The van der Waals surface area contributed by atoms with Crippen LogP contribution < -0.4 is 0 Å². The second kappa shape index (κ2) is 10.3. The van der Waals surface area contributed by atoms with E-state index < -0.39 is 18.6 Å². The molecule has 0 saturated heterocycles. The van der Waals surface area contributed by atoms with Gasteiger partial charge < -0.3 is 14.8 Å². The number of aromatic nitrogens is 1. The Morgan fingerprint density at radius 1 is 0.974 bits per heavy atom. The van der Waals surface area contributed by atoms with E-state index in [0.717, 1.165) is 58.3 Å². The number of hydrogen-bond donors (Lipinski definition) is 2. The Labute approximate surface area is 222 Å². The van der Waals surface area contributed by atoms with Crippen molar-refractivity contribution in [3.05, 3.63) is 82.9 Å². The van der Waals surface area contributed by atoms with E-state index in [1.54, 1.807) is 24.3 Å². The van der Waals surface area contributed by atoms with Gasteiger partial charge in [-0.05, 0) is 52.6 Å². The summed E-state index contributed by atoms with van der Waals surface area (Å²) in [4.78, 5) is 12.0. The maximum absolute atomic E-state index is 12.9. The number of allylic oxidation sites excluding steroid dienone is 1. The predicted octanol–water partition coefficient (Wildman–Crippen LogP) is 8.96. The number of alkyl halides is 3. The highest BCUT2D eigenvalue weighted by Gasteiger charge is 2.30. The molecule has 4 aromatic rings. The molecule has 4 nitrogen and oxygen atoms in total. The number of carboxylic acids is 1. The number of aliphatic hydroxyl groups excluding tert-OH is 1. The first-order valence-corrected chi connectivity index (χ1v) is 13.4. The number of carbonyl (C=O) groups is 1. The fourth-order valence-electron chi connectivity index (χ4n) is 5.59. The summed E-state index contributed by atoms with van der Waals surface area (Å²) in [5.41, 5.74) is 5.43. The molecule has 0 atom stereocenters. The third-order valence-corrected chi connectivity index (χ3v) is 8.31. The summed E-state index contributed by atoms with van der Waals surface area (Å²) in [5.74, 6) is -0.734. The lowest BCUT2D eigenvalue weighted by Crippen LogP contribution is -2.11. The maximum atomic E-state index is 12.9. The van der Waals surface area contributed by atoms with Crippen molar-refractivity contribution in [3.63, 3.8) is 0 Å². The minimum Gasteiger partial charge on any atom is -0.511 e. The second-order valence-electron chi connectivity index (χ2n) is 9.95. The minimum absolute atomic E-state index is 0.0282. The van der Waals surface area contributed by atoms with Crippen molar-refractivity contribution in [2.45, 2.75) is 57.2 Å². The molecule has 198 valence electrons. The molecule has 1 fully saturated rings. The van der Waals surface area contributed by atoms with Crippen molar-refractivity contribution in [3.8, 4) is 22.4 Å². The number of carboxylic acid groups (broad SMARTS) is 1. The zero-order chi connectivity index (χ0) is 27.0. The molecule has 0 spiro atoms. The van der Waals surface area contributed by atoms with Crippen LogP contribution in [0.3, 0.4) is 0 Å². The van der Waals surface area contributed by atoms with Crippen LogP contribution >= 0.6 is 11.3 Å². The van der Waals surface area contributed by atoms with Crippen LogP contribution in [0.25, 0.3) is 32.6 Å². The number of benzene rings is 2. The lowest BCUT2D eigenvalue weighted by molar-refractivity contribution is -0.127. The van der Waals surface area contributed by atoms with E-state index in [4.69, 9.17) is 0 Å². The Kier molecular flexibility index (Phi) is 7.09. The fraction of sp³-hybridized carbons (Fsp3) is 0.300. The van der Waals surface area contributed by atoms with E-state index >= 15 is 0 Å². The van der Waals surface area contributed by atoms with Gasteiger partial charge in [0.25, 0.3) is 0 Å². The topological polar surface area (TPSA) is 62.5 Å². The predicted molar refractivity (Wildman–Crippen MR) is 145 cm³/mol. The standard InChI is InChI=1S/C30H28F3NO3S/c1-18(35)17-34-24-15-25(29(36)37)38-28(24)26(21-7-3-2-4-8-21)27(34)22-12-10-20(11-13-22)23-9-5-6-19(14-23)16-30(31,32)33/h5-6,9-15,21,35H,1-4,7-8,16-17H2,(H,36,37). The van der Waals surface area contributed by atoms with Gasteiger partial charge in [0.15, 0.2) is 0 Å². The third kappa shape index (κ3) is 5.36. The number of aromatic carboxylic acids is 1. The number of fused-ring (bicyclic) bond motifs is 1. The van der Waals surface area contributed by atoms with Gasteiger partial charge in [-0.2, -0.15) is 13.2 Å². The van der Waals surface area contributed by atoms with Gasteiger partial charge in [-0.15, -0.1) is 11.3 Å². The van der Waals surface area contributed by atoms with Crippen LogP contribution in [0, 0.1) is 0 Å². The van der Waals surface area contributed by atoms with Crippen LogP contribution in [-0.4, -0.2) is 26.9 Å². The monoisotopic (exact) mass is 539 g/mol. The van der Waals surface area contributed by atoms with Gasteiger partial charge in [0.05, 0.1) is 28.9 Å². The molecule has 1 saturated carbocycles. The number of nitrogens with zero attached hydrogens (tertiary/aromatic N) is 1. The largest absolute Gasteiger partial charge is 0.511 e. The Bertz CT molecular complexity index is 1490. The number of thiophene rings is 1. The quantitative estimate of drug-likeness (QED) is 0.230. The van der Waals surface area contributed by atoms with Crippen molar-refractivity contribution < 1.29 is 28.2 Å². The first-order valence-electron chi connectivity index (χ1n) is 12.6. The van der Waals surface area contributed by atoms with Gasteiger partial charge in [0.1, 0.15) is 10.6 Å². The zero-order valence-electron chi connectivity index (χ0n) is 20.7. The van der Waals surface area contributed by atoms with Gasteiger partial charge in [-0.25, -0.2) is 4.79 Å². The van der Waals surface area contributed by atoms with E-state index in [-0.39, 0.29) is 28.7 Å². The molecule has 0 amide bonds. The molecule has 0 bridgehead atoms. The summed E-state index contributed by atoms with van der Waals surface area (Å²) in [5, 5.41) is 19.8. The van der Waals surface area contributed by atoms with Gasteiger partial charge >= 0.3 is 12.1 Å². The molecule has 2 N–H and O–H groups in total. The SMILES string of the molecule is C=C(O)Cn1c(-c2ccc(-c3cccc(CC(F)(F)F)c3)cc2)c(C2CCCCC2)c2sc(C(=O)O)cc21. The third-order valence-electron chi connectivity index (χ3n) is 7.16. The van der Waals surface area contributed by atoms with E-state index in [1.165, 1.54) is 23.8 Å². The minimum atomic E-state index is -4.27. The first-order chi connectivity index (χ1) is 18.1. The average Bonchev–Trinajstić information content (AvgIpc) is 3.42. The molecule has 2 heterocycles. The van der Waals surface area contributed by atoms with Gasteiger partial charge in [0, 0.05) is 0 Å². The molecule has 0 radical (unpaired) electrons. The lowest BCUT2D eigenvalue weighted by Gasteiger charge is -2.23. The first kappa shape index (κ1) is 26.1. The molecular formula is C30H28F3NO3S. The molecule has 2 aromatic heterocycles. The summed E-state index contributed by atoms with van der Waals surface area (Å²) in [6.45, 7) is 3.82. The van der Waals surface area contributed by atoms with Gasteiger partial charge in [-0.3, -0.25) is 0 Å². The van der Waals surface area contributed by atoms with Crippen molar-refractivity contribution in [1.29, 1.82) is 0 Å². The highest BCUT2D eigenvalue weighted by molar-refractivity contribution is 7.21. The van der Waals surface area contributed by atoms with Crippen LogP contribution in [0.1, 0.15) is 58.8 Å². The number of halogens is 3. The second-order valence-corrected chi connectivity index (χ2v) is 11.0. The Morgan fingerprint density at radius 3 is 2.29 bits per heavy atom. The Hall–Kier alpha value is -3.52. The summed E-state index contributed by atoms with van der Waals surface area (Å²) < 4.78 is 41.6. The number of hydrogen-bond acceptors (Lipinski definition) is 3. The molecule has 1 aliphatic rings. The normalized spacial score (nSPS) is 14.7. The highest BCUT2D eigenvalue weighted by Crippen LogP contribution is 2.47. The Morgan fingerprint density at radius 2 is 1.66 bits per heavy atom. The van der Waals surface area contributed by atoms with Crippen LogP contribution in [0.15, 0.2) is 66.9 Å². The van der Waals surface area contributed by atoms with Crippen molar-refractivity contribution in [1.82, 2.24) is 4.57 Å². The Balaban J connectivity index is 1.62. The van der Waals surface area contributed by atoms with Gasteiger partial charge in [0.2, 0.25) is 0 Å². The van der Waals surface area contributed by atoms with Crippen molar-refractivity contribution in [2.75, 3.05) is 0 Å². The average molecular weight is 540 g/mol. The van der Waals surface area contributed by atoms with Gasteiger partial charge in [-0.1, -0.05) is 74.4 Å². The highest BCUT2D eigenvalue weighted by atomic mass is 32.1. The maximum Gasteiger partial charge on any atom is 0.393 e.